The second-order valence-electron chi connectivity index (χ2n) is 7.11. The lowest BCUT2D eigenvalue weighted by molar-refractivity contribution is -0.150. The van der Waals surface area contributed by atoms with Crippen molar-refractivity contribution in [1.82, 2.24) is 9.91 Å². The molecule has 1 aromatic rings. The number of carbonyl (C=O) groups is 3. The van der Waals surface area contributed by atoms with E-state index in [9.17, 15) is 23.9 Å². The zero-order valence-electron chi connectivity index (χ0n) is 15.1. The topological polar surface area (TPSA) is 90.3 Å². The molecule has 3 rings (SSSR count). The molecule has 27 heavy (non-hydrogen) atoms. The van der Waals surface area contributed by atoms with Crippen LogP contribution in [-0.4, -0.2) is 51.1 Å². The predicted octanol–water partition coefficient (Wildman–Crippen LogP) is 2.02. The van der Waals surface area contributed by atoms with E-state index in [0.29, 0.717) is 18.5 Å². The first-order valence-corrected chi connectivity index (χ1v) is 9.01. The maximum absolute atomic E-state index is 13.0. The van der Waals surface area contributed by atoms with Gasteiger partial charge in [0.15, 0.2) is 0 Å². The minimum atomic E-state index is -1.02. The lowest BCUT2D eigenvalue weighted by Gasteiger charge is -2.36. The van der Waals surface area contributed by atoms with Crippen LogP contribution in [0.4, 0.5) is 4.39 Å². The molecule has 2 atom stereocenters. The van der Waals surface area contributed by atoms with Gasteiger partial charge in [-0.15, -0.1) is 0 Å². The molecule has 0 bridgehead atoms. The minimum absolute atomic E-state index is 0.133. The van der Waals surface area contributed by atoms with Crippen molar-refractivity contribution < 1.29 is 23.9 Å². The van der Waals surface area contributed by atoms with Crippen molar-refractivity contribution in [3.8, 4) is 0 Å². The Morgan fingerprint density at radius 2 is 1.96 bits per heavy atom. The largest absolute Gasteiger partial charge is 0.480 e. The zero-order valence-corrected chi connectivity index (χ0v) is 15.1. The first kappa shape index (κ1) is 19.0. The first-order chi connectivity index (χ1) is 12.8. The van der Waals surface area contributed by atoms with Gasteiger partial charge in [-0.3, -0.25) is 9.59 Å². The number of carboxylic acids is 1. The molecular weight excluding hydrogens is 353 g/mol. The average Bonchev–Trinajstić information content (AvgIpc) is 2.64. The molecular formula is C19H22FN3O4. The number of piperidine rings is 1. The third-order valence-electron chi connectivity index (χ3n) is 5.01. The van der Waals surface area contributed by atoms with E-state index in [0.717, 1.165) is 6.42 Å². The molecule has 2 aliphatic heterocycles. The van der Waals surface area contributed by atoms with Crippen LogP contribution in [0.1, 0.15) is 38.2 Å². The maximum Gasteiger partial charge on any atom is 0.326 e. The molecule has 2 heterocycles. The summed E-state index contributed by atoms with van der Waals surface area (Å²) >= 11 is 0. The van der Waals surface area contributed by atoms with Gasteiger partial charge >= 0.3 is 5.97 Å². The molecule has 0 aromatic heterocycles. The maximum atomic E-state index is 13.0. The smallest absolute Gasteiger partial charge is 0.326 e. The van der Waals surface area contributed by atoms with Crippen LogP contribution in [0.2, 0.25) is 0 Å². The number of likely N-dealkylation sites (tertiary alicyclic amines) is 1. The molecule has 8 heteroatoms. The Labute approximate surface area is 156 Å². The van der Waals surface area contributed by atoms with Crippen molar-refractivity contribution in [2.45, 2.75) is 45.2 Å². The summed E-state index contributed by atoms with van der Waals surface area (Å²) in [6.07, 6.45) is 1.47. The van der Waals surface area contributed by atoms with E-state index in [1.54, 1.807) is 12.1 Å². The molecule has 144 valence electrons. The predicted molar refractivity (Wildman–Crippen MR) is 95.2 cm³/mol. The number of nitrogens with zero attached hydrogens (tertiary/aromatic N) is 3. The van der Waals surface area contributed by atoms with Gasteiger partial charge in [-0.2, -0.15) is 5.10 Å². The van der Waals surface area contributed by atoms with Gasteiger partial charge in [-0.05, 0) is 36.5 Å². The molecule has 0 radical (unpaired) electrons. The van der Waals surface area contributed by atoms with Gasteiger partial charge in [0.2, 0.25) is 5.91 Å². The molecule has 2 amide bonds. The van der Waals surface area contributed by atoms with Crippen molar-refractivity contribution in [3.05, 3.63) is 35.6 Å². The fourth-order valence-corrected chi connectivity index (χ4v) is 3.43. The molecule has 1 fully saturated rings. The monoisotopic (exact) mass is 375 g/mol. The summed E-state index contributed by atoms with van der Waals surface area (Å²) in [5.41, 5.74) is 0.884. The standard InChI is InChI=1S/C19H22FN3O4/c1-12-8-9-22(16(10-12)19(26)27)18(25)15-6-7-17(24)23(21-15)11-13-2-4-14(20)5-3-13/h2-5,12,16H,6-11H2,1H3,(H,26,27). The quantitative estimate of drug-likeness (QED) is 0.872. The van der Waals surface area contributed by atoms with Gasteiger partial charge < -0.3 is 10.0 Å². The van der Waals surface area contributed by atoms with Crippen molar-refractivity contribution in [3.63, 3.8) is 0 Å². The number of hydrogen-bond acceptors (Lipinski definition) is 4. The number of hydrazone groups is 1. The van der Waals surface area contributed by atoms with Crippen LogP contribution in [0, 0.1) is 11.7 Å². The Balaban J connectivity index is 1.78. The molecule has 2 unspecified atom stereocenters. The highest BCUT2D eigenvalue weighted by Crippen LogP contribution is 2.24. The summed E-state index contributed by atoms with van der Waals surface area (Å²) in [6.45, 7) is 2.47. The van der Waals surface area contributed by atoms with E-state index < -0.39 is 17.9 Å². The molecule has 7 nitrogen and oxygen atoms in total. The number of benzene rings is 1. The van der Waals surface area contributed by atoms with Crippen LogP contribution in [0.25, 0.3) is 0 Å². The van der Waals surface area contributed by atoms with Crippen molar-refractivity contribution >= 4 is 23.5 Å². The second kappa shape index (κ2) is 7.85. The third kappa shape index (κ3) is 4.32. The van der Waals surface area contributed by atoms with Gasteiger partial charge in [0.1, 0.15) is 17.6 Å². The fraction of sp³-hybridized carbons (Fsp3) is 0.474. The Kier molecular flexibility index (Phi) is 5.53. The summed E-state index contributed by atoms with van der Waals surface area (Å²) in [5.74, 6) is -1.81. The molecule has 0 spiro atoms. The number of aliphatic carboxylic acids is 1. The Morgan fingerprint density at radius 3 is 2.63 bits per heavy atom. The average molecular weight is 375 g/mol. The van der Waals surface area contributed by atoms with E-state index in [2.05, 4.69) is 5.10 Å². The molecule has 0 saturated carbocycles. The normalized spacial score (nSPS) is 23.2. The second-order valence-corrected chi connectivity index (χ2v) is 7.11. The van der Waals surface area contributed by atoms with Gasteiger partial charge in [0.05, 0.1) is 6.54 Å². The van der Waals surface area contributed by atoms with Crippen LogP contribution in [-0.2, 0) is 20.9 Å². The number of halogens is 1. The SMILES string of the molecule is CC1CCN(C(=O)C2=NN(Cc3ccc(F)cc3)C(=O)CC2)C(C(=O)O)C1. The van der Waals surface area contributed by atoms with Crippen molar-refractivity contribution in [2.75, 3.05) is 6.54 Å². The molecule has 2 aliphatic rings. The number of amides is 2. The molecule has 1 saturated heterocycles. The highest BCUT2D eigenvalue weighted by Gasteiger charge is 2.37. The summed E-state index contributed by atoms with van der Waals surface area (Å²) in [4.78, 5) is 37.9. The Bertz CT molecular complexity index is 778. The minimum Gasteiger partial charge on any atom is -0.480 e. The number of rotatable bonds is 4. The van der Waals surface area contributed by atoms with E-state index in [-0.39, 0.29) is 42.7 Å². The van der Waals surface area contributed by atoms with Crippen molar-refractivity contribution in [2.24, 2.45) is 11.0 Å². The lowest BCUT2D eigenvalue weighted by atomic mass is 9.92. The Morgan fingerprint density at radius 1 is 1.26 bits per heavy atom. The highest BCUT2D eigenvalue weighted by molar-refractivity contribution is 6.39. The van der Waals surface area contributed by atoms with Gasteiger partial charge in [-0.25, -0.2) is 14.2 Å². The van der Waals surface area contributed by atoms with Crippen LogP contribution in [0.5, 0.6) is 0 Å². The van der Waals surface area contributed by atoms with Crippen molar-refractivity contribution in [1.29, 1.82) is 0 Å². The van der Waals surface area contributed by atoms with E-state index in [1.165, 1.54) is 22.0 Å². The fourth-order valence-electron chi connectivity index (χ4n) is 3.43. The molecule has 0 aliphatic carbocycles. The van der Waals surface area contributed by atoms with Gasteiger partial charge in [0.25, 0.3) is 5.91 Å². The molecule has 1 N–H and O–H groups in total. The van der Waals surface area contributed by atoms with Crippen LogP contribution in [0.15, 0.2) is 29.4 Å². The number of carboxylic acid groups (broad SMARTS) is 1. The molecule has 1 aromatic carbocycles. The summed E-state index contributed by atoms with van der Waals surface area (Å²) in [5, 5.41) is 14.8. The summed E-state index contributed by atoms with van der Waals surface area (Å²) < 4.78 is 13.0. The van der Waals surface area contributed by atoms with Gasteiger partial charge in [0, 0.05) is 19.4 Å². The third-order valence-corrected chi connectivity index (χ3v) is 5.01. The van der Waals surface area contributed by atoms with Crippen LogP contribution < -0.4 is 0 Å². The number of hydrogen-bond donors (Lipinski definition) is 1. The van der Waals surface area contributed by atoms with E-state index in [4.69, 9.17) is 0 Å². The number of carbonyl (C=O) groups excluding carboxylic acids is 2. The summed E-state index contributed by atoms with van der Waals surface area (Å²) in [6, 6.07) is 4.84. The van der Waals surface area contributed by atoms with E-state index >= 15 is 0 Å². The lowest BCUT2D eigenvalue weighted by Crippen LogP contribution is -2.52. The van der Waals surface area contributed by atoms with Crippen LogP contribution in [0.3, 0.4) is 0 Å². The first-order valence-electron chi connectivity index (χ1n) is 9.01. The zero-order chi connectivity index (χ0) is 19.6. The van der Waals surface area contributed by atoms with E-state index in [1.807, 2.05) is 6.92 Å². The van der Waals surface area contributed by atoms with Gasteiger partial charge in [-0.1, -0.05) is 19.1 Å². The summed E-state index contributed by atoms with van der Waals surface area (Å²) in [7, 11) is 0. The highest BCUT2D eigenvalue weighted by atomic mass is 19.1. The Hall–Kier alpha value is -2.77. The van der Waals surface area contributed by atoms with Crippen LogP contribution >= 0.6 is 0 Å².